The summed E-state index contributed by atoms with van der Waals surface area (Å²) in [5.41, 5.74) is 1.94. The van der Waals surface area contributed by atoms with Crippen LogP contribution in [0.3, 0.4) is 0 Å². The predicted octanol–water partition coefficient (Wildman–Crippen LogP) is 2.52. The summed E-state index contributed by atoms with van der Waals surface area (Å²) < 4.78 is 13.0. The summed E-state index contributed by atoms with van der Waals surface area (Å²) in [7, 11) is 0. The summed E-state index contributed by atoms with van der Waals surface area (Å²) >= 11 is 0. The molecule has 2 atom stereocenters. The van der Waals surface area contributed by atoms with Gasteiger partial charge in [0, 0.05) is 37.9 Å². The second-order valence-electron chi connectivity index (χ2n) is 5.66. The van der Waals surface area contributed by atoms with E-state index in [9.17, 15) is 14.3 Å². The molecule has 2 aromatic rings. The lowest BCUT2D eigenvalue weighted by molar-refractivity contribution is -0.141. The first-order valence-corrected chi connectivity index (χ1v) is 7.23. The standard InChI is InChI=1S/C17H17FN2O2/c18-14-5-3-12(4-6-14)9-20-10-15(16(11-20)17(21)22)13-2-1-7-19-8-13/h1-8,15-16H,9-11H2,(H,21,22). The highest BCUT2D eigenvalue weighted by molar-refractivity contribution is 5.72. The quantitative estimate of drug-likeness (QED) is 0.942. The Labute approximate surface area is 128 Å². The molecule has 0 saturated carbocycles. The van der Waals surface area contributed by atoms with E-state index >= 15 is 0 Å². The van der Waals surface area contributed by atoms with Gasteiger partial charge in [0.15, 0.2) is 0 Å². The van der Waals surface area contributed by atoms with Crippen molar-refractivity contribution in [1.29, 1.82) is 0 Å². The van der Waals surface area contributed by atoms with E-state index in [1.165, 1.54) is 12.1 Å². The zero-order valence-electron chi connectivity index (χ0n) is 12.0. The van der Waals surface area contributed by atoms with Crippen LogP contribution >= 0.6 is 0 Å². The van der Waals surface area contributed by atoms with Crippen LogP contribution in [0.1, 0.15) is 17.0 Å². The Morgan fingerprint density at radius 2 is 2.05 bits per heavy atom. The first kappa shape index (κ1) is 14.7. The number of likely N-dealkylation sites (tertiary alicyclic amines) is 1. The fourth-order valence-electron chi connectivity index (χ4n) is 3.05. The summed E-state index contributed by atoms with van der Waals surface area (Å²) in [6, 6.07) is 10.1. The van der Waals surface area contributed by atoms with E-state index in [0.29, 0.717) is 19.6 Å². The maximum absolute atomic E-state index is 13.0. The lowest BCUT2D eigenvalue weighted by Crippen LogP contribution is -2.23. The first-order valence-electron chi connectivity index (χ1n) is 7.23. The molecule has 2 heterocycles. The van der Waals surface area contributed by atoms with Crippen LogP contribution in [0.15, 0.2) is 48.8 Å². The van der Waals surface area contributed by atoms with Crippen molar-refractivity contribution in [2.45, 2.75) is 12.5 Å². The van der Waals surface area contributed by atoms with Gasteiger partial charge in [0.05, 0.1) is 5.92 Å². The van der Waals surface area contributed by atoms with Gasteiger partial charge in [-0.25, -0.2) is 4.39 Å². The average molecular weight is 300 g/mol. The van der Waals surface area contributed by atoms with Gasteiger partial charge >= 0.3 is 5.97 Å². The zero-order chi connectivity index (χ0) is 15.5. The number of pyridine rings is 1. The summed E-state index contributed by atoms with van der Waals surface area (Å²) in [6.45, 7) is 1.78. The molecule has 3 rings (SSSR count). The predicted molar refractivity (Wildman–Crippen MR) is 79.8 cm³/mol. The number of carboxylic acid groups (broad SMARTS) is 1. The zero-order valence-corrected chi connectivity index (χ0v) is 12.0. The molecule has 1 N–H and O–H groups in total. The molecule has 2 unspecified atom stereocenters. The van der Waals surface area contributed by atoms with Gasteiger partial charge in [-0.05, 0) is 29.3 Å². The topological polar surface area (TPSA) is 53.4 Å². The number of nitrogens with zero attached hydrogens (tertiary/aromatic N) is 2. The van der Waals surface area contributed by atoms with Crippen molar-refractivity contribution in [1.82, 2.24) is 9.88 Å². The lowest BCUT2D eigenvalue weighted by Gasteiger charge is -2.16. The Morgan fingerprint density at radius 1 is 1.27 bits per heavy atom. The van der Waals surface area contributed by atoms with Gasteiger partial charge in [-0.1, -0.05) is 18.2 Å². The molecule has 1 aromatic heterocycles. The van der Waals surface area contributed by atoms with E-state index in [1.807, 2.05) is 12.1 Å². The average Bonchev–Trinajstić information content (AvgIpc) is 2.95. The highest BCUT2D eigenvalue weighted by atomic mass is 19.1. The Hall–Kier alpha value is -2.27. The molecule has 1 saturated heterocycles. The monoisotopic (exact) mass is 300 g/mol. The fraction of sp³-hybridized carbons (Fsp3) is 0.294. The number of hydrogen-bond donors (Lipinski definition) is 1. The Kier molecular flexibility index (Phi) is 4.15. The van der Waals surface area contributed by atoms with Crippen molar-refractivity contribution in [3.05, 3.63) is 65.7 Å². The van der Waals surface area contributed by atoms with Crippen LogP contribution in [0.5, 0.6) is 0 Å². The molecule has 0 spiro atoms. The van der Waals surface area contributed by atoms with Gasteiger partial charge in [-0.3, -0.25) is 14.7 Å². The maximum Gasteiger partial charge on any atom is 0.308 e. The van der Waals surface area contributed by atoms with Crippen LogP contribution < -0.4 is 0 Å². The van der Waals surface area contributed by atoms with Crippen molar-refractivity contribution in [2.75, 3.05) is 13.1 Å². The van der Waals surface area contributed by atoms with Gasteiger partial charge in [0.2, 0.25) is 0 Å². The van der Waals surface area contributed by atoms with Gasteiger partial charge in [-0.15, -0.1) is 0 Å². The Bertz CT molecular complexity index is 645. The number of aromatic nitrogens is 1. The van der Waals surface area contributed by atoms with E-state index in [4.69, 9.17) is 0 Å². The smallest absolute Gasteiger partial charge is 0.308 e. The largest absolute Gasteiger partial charge is 0.481 e. The van der Waals surface area contributed by atoms with Crippen molar-refractivity contribution in [3.8, 4) is 0 Å². The minimum absolute atomic E-state index is 0.0633. The first-order chi connectivity index (χ1) is 10.6. The molecule has 114 valence electrons. The normalized spacial score (nSPS) is 21.9. The number of rotatable bonds is 4. The highest BCUT2D eigenvalue weighted by Gasteiger charge is 2.38. The second-order valence-corrected chi connectivity index (χ2v) is 5.66. The van der Waals surface area contributed by atoms with Gasteiger partial charge < -0.3 is 5.11 Å². The third-order valence-electron chi connectivity index (χ3n) is 4.14. The summed E-state index contributed by atoms with van der Waals surface area (Å²) in [4.78, 5) is 17.7. The van der Waals surface area contributed by atoms with E-state index in [1.54, 1.807) is 24.5 Å². The highest BCUT2D eigenvalue weighted by Crippen LogP contribution is 2.33. The molecule has 0 aliphatic carbocycles. The molecule has 5 heteroatoms. The molecule has 1 fully saturated rings. The van der Waals surface area contributed by atoms with Crippen LogP contribution in [-0.4, -0.2) is 34.0 Å². The summed E-state index contributed by atoms with van der Waals surface area (Å²) in [6.07, 6.45) is 3.42. The van der Waals surface area contributed by atoms with Crippen LogP contribution in [-0.2, 0) is 11.3 Å². The molecular formula is C17H17FN2O2. The third kappa shape index (κ3) is 3.14. The second kappa shape index (κ2) is 6.23. The van der Waals surface area contributed by atoms with Crippen LogP contribution in [0, 0.1) is 11.7 Å². The summed E-state index contributed by atoms with van der Waals surface area (Å²) in [5.74, 6) is -1.55. The number of carbonyl (C=O) groups is 1. The van der Waals surface area contributed by atoms with Crippen molar-refractivity contribution in [2.24, 2.45) is 5.92 Å². The van der Waals surface area contributed by atoms with Gasteiger partial charge in [0.1, 0.15) is 5.82 Å². The molecular weight excluding hydrogens is 283 g/mol. The molecule has 0 radical (unpaired) electrons. The van der Waals surface area contributed by atoms with Crippen molar-refractivity contribution in [3.63, 3.8) is 0 Å². The number of benzene rings is 1. The molecule has 0 bridgehead atoms. The summed E-state index contributed by atoms with van der Waals surface area (Å²) in [5, 5.41) is 9.47. The number of carboxylic acids is 1. The van der Waals surface area contributed by atoms with E-state index in [2.05, 4.69) is 9.88 Å². The van der Waals surface area contributed by atoms with Crippen LogP contribution in [0.2, 0.25) is 0 Å². The van der Waals surface area contributed by atoms with E-state index < -0.39 is 11.9 Å². The van der Waals surface area contributed by atoms with Crippen molar-refractivity contribution < 1.29 is 14.3 Å². The SMILES string of the molecule is O=C(O)C1CN(Cc2ccc(F)cc2)CC1c1cccnc1. The van der Waals surface area contributed by atoms with Gasteiger partial charge in [-0.2, -0.15) is 0 Å². The Morgan fingerprint density at radius 3 is 2.68 bits per heavy atom. The van der Waals surface area contributed by atoms with Gasteiger partial charge in [0.25, 0.3) is 0 Å². The molecule has 0 amide bonds. The number of aliphatic carboxylic acids is 1. The van der Waals surface area contributed by atoms with Crippen LogP contribution in [0.4, 0.5) is 4.39 Å². The maximum atomic E-state index is 13.0. The number of hydrogen-bond acceptors (Lipinski definition) is 3. The minimum Gasteiger partial charge on any atom is -0.481 e. The lowest BCUT2D eigenvalue weighted by atomic mass is 9.90. The molecule has 1 aromatic carbocycles. The molecule has 22 heavy (non-hydrogen) atoms. The van der Waals surface area contributed by atoms with Crippen molar-refractivity contribution >= 4 is 5.97 Å². The van der Waals surface area contributed by atoms with Crippen LogP contribution in [0.25, 0.3) is 0 Å². The third-order valence-corrected chi connectivity index (χ3v) is 4.14. The number of halogens is 1. The van der Waals surface area contributed by atoms with E-state index in [-0.39, 0.29) is 11.7 Å². The molecule has 1 aliphatic rings. The molecule has 4 nitrogen and oxygen atoms in total. The fourth-order valence-corrected chi connectivity index (χ4v) is 3.05. The Balaban J connectivity index is 1.76. The minimum atomic E-state index is -0.782. The molecule has 1 aliphatic heterocycles. The van der Waals surface area contributed by atoms with E-state index in [0.717, 1.165) is 11.1 Å².